The number of para-hydroxylation sites is 2. The predicted molar refractivity (Wildman–Crippen MR) is 105 cm³/mol. The first kappa shape index (κ1) is 18.7. The summed E-state index contributed by atoms with van der Waals surface area (Å²) in [6.45, 7) is 0. The quantitative estimate of drug-likeness (QED) is 0.763. The van der Waals surface area contributed by atoms with Crippen LogP contribution < -0.4 is 14.8 Å². The number of hydrogen-bond donors (Lipinski definition) is 2. The molecule has 0 spiro atoms. The van der Waals surface area contributed by atoms with Crippen LogP contribution in [0.2, 0.25) is 5.02 Å². The average Bonchev–Trinajstić information content (AvgIpc) is 3.11. The fourth-order valence-corrected chi connectivity index (χ4v) is 3.71. The molecule has 4 rings (SSSR count). The van der Waals surface area contributed by atoms with Gasteiger partial charge in [0.1, 0.15) is 5.60 Å². The number of amides is 1. The summed E-state index contributed by atoms with van der Waals surface area (Å²) in [5.74, 6) is 6.70. The molecule has 1 unspecified atom stereocenters. The zero-order valence-electron chi connectivity index (χ0n) is 15.2. The van der Waals surface area contributed by atoms with E-state index in [2.05, 4.69) is 17.2 Å². The number of halogens is 1. The molecule has 2 atom stereocenters. The summed E-state index contributed by atoms with van der Waals surface area (Å²) >= 11 is 5.98. The van der Waals surface area contributed by atoms with Gasteiger partial charge in [0.2, 0.25) is 0 Å². The highest BCUT2D eigenvalue weighted by molar-refractivity contribution is 6.30. The molecule has 6 heteroatoms. The average molecular weight is 398 g/mol. The van der Waals surface area contributed by atoms with E-state index in [4.69, 9.17) is 21.1 Å². The number of carbonyl (C=O) groups is 1. The van der Waals surface area contributed by atoms with E-state index in [1.807, 2.05) is 24.3 Å². The minimum Gasteiger partial charge on any atom is -0.442 e. The van der Waals surface area contributed by atoms with E-state index in [9.17, 15) is 9.90 Å². The van der Waals surface area contributed by atoms with Gasteiger partial charge in [-0.2, -0.15) is 0 Å². The van der Waals surface area contributed by atoms with Gasteiger partial charge in [0, 0.05) is 23.0 Å². The van der Waals surface area contributed by atoms with Crippen LogP contribution in [0.4, 0.5) is 0 Å². The van der Waals surface area contributed by atoms with Crippen LogP contribution in [-0.2, 0) is 4.79 Å². The molecule has 1 saturated carbocycles. The van der Waals surface area contributed by atoms with Crippen LogP contribution in [0.3, 0.4) is 0 Å². The molecule has 2 aromatic carbocycles. The van der Waals surface area contributed by atoms with Crippen molar-refractivity contribution >= 4 is 17.5 Å². The van der Waals surface area contributed by atoms with E-state index in [1.165, 1.54) is 0 Å². The standard InChI is InChI=1S/C22H20ClNO4/c23-16-6-3-5-15(13-16)10-12-22(26)11-4-7-17(14-22)24-20(25)21-27-18-8-1-2-9-19(18)28-21/h1-3,5-6,8-9,13,17,21,26H,4,7,11,14H2,(H,24,25)/t17-,22?/m1/s1. The summed E-state index contributed by atoms with van der Waals surface area (Å²) in [6.07, 6.45) is 1.44. The largest absolute Gasteiger partial charge is 0.442 e. The van der Waals surface area contributed by atoms with Crippen molar-refractivity contribution in [3.63, 3.8) is 0 Å². The zero-order chi connectivity index (χ0) is 19.6. The maximum Gasteiger partial charge on any atom is 0.321 e. The zero-order valence-corrected chi connectivity index (χ0v) is 15.9. The van der Waals surface area contributed by atoms with Gasteiger partial charge in [-0.05, 0) is 49.6 Å². The Morgan fingerprint density at radius 3 is 2.64 bits per heavy atom. The molecule has 2 N–H and O–H groups in total. The topological polar surface area (TPSA) is 67.8 Å². The minimum absolute atomic E-state index is 0.198. The molecular formula is C22H20ClNO4. The molecule has 2 aromatic rings. The van der Waals surface area contributed by atoms with Gasteiger partial charge >= 0.3 is 12.2 Å². The Hall–Kier alpha value is -2.68. The third-order valence-electron chi connectivity index (χ3n) is 4.87. The minimum atomic E-state index is -1.15. The molecule has 1 amide bonds. The van der Waals surface area contributed by atoms with Crippen molar-refractivity contribution in [2.24, 2.45) is 0 Å². The van der Waals surface area contributed by atoms with Crippen LogP contribution in [0.1, 0.15) is 31.2 Å². The third-order valence-corrected chi connectivity index (χ3v) is 5.10. The summed E-state index contributed by atoms with van der Waals surface area (Å²) in [5, 5.41) is 14.4. The lowest BCUT2D eigenvalue weighted by atomic mass is 9.82. The molecule has 1 aliphatic heterocycles. The van der Waals surface area contributed by atoms with Crippen molar-refractivity contribution < 1.29 is 19.4 Å². The number of benzene rings is 2. The van der Waals surface area contributed by atoms with Crippen LogP contribution in [-0.4, -0.2) is 28.9 Å². The number of nitrogens with one attached hydrogen (secondary N) is 1. The monoisotopic (exact) mass is 397 g/mol. The van der Waals surface area contributed by atoms with E-state index in [0.717, 1.165) is 18.4 Å². The van der Waals surface area contributed by atoms with E-state index in [-0.39, 0.29) is 11.9 Å². The summed E-state index contributed by atoms with van der Waals surface area (Å²) in [5.41, 5.74) is -0.406. The molecule has 0 saturated heterocycles. The highest BCUT2D eigenvalue weighted by atomic mass is 35.5. The SMILES string of the molecule is O=C(N[C@@H]1CCCC(O)(C#Cc2cccc(Cl)c2)C1)C1Oc2ccccc2O1. The van der Waals surface area contributed by atoms with E-state index in [0.29, 0.717) is 29.4 Å². The second kappa shape index (κ2) is 7.75. The molecule has 2 aliphatic rings. The van der Waals surface area contributed by atoms with Gasteiger partial charge in [-0.15, -0.1) is 0 Å². The number of fused-ring (bicyclic) bond motifs is 1. The Morgan fingerprint density at radius 2 is 1.93 bits per heavy atom. The molecule has 0 radical (unpaired) electrons. The van der Waals surface area contributed by atoms with E-state index < -0.39 is 11.9 Å². The van der Waals surface area contributed by atoms with Crippen molar-refractivity contribution in [1.29, 1.82) is 0 Å². The van der Waals surface area contributed by atoms with Gasteiger partial charge in [-0.25, -0.2) is 0 Å². The number of carbonyl (C=O) groups excluding carboxylic acids is 1. The first-order chi connectivity index (χ1) is 13.5. The van der Waals surface area contributed by atoms with Gasteiger partial charge in [0.25, 0.3) is 0 Å². The lowest BCUT2D eigenvalue weighted by molar-refractivity contribution is -0.138. The van der Waals surface area contributed by atoms with Crippen molar-refractivity contribution in [2.75, 3.05) is 0 Å². The van der Waals surface area contributed by atoms with Crippen LogP contribution in [0.15, 0.2) is 48.5 Å². The van der Waals surface area contributed by atoms with Gasteiger partial charge in [0.15, 0.2) is 11.5 Å². The maximum atomic E-state index is 12.5. The molecule has 28 heavy (non-hydrogen) atoms. The number of aliphatic hydroxyl groups is 1. The smallest absolute Gasteiger partial charge is 0.321 e. The Balaban J connectivity index is 1.38. The molecule has 1 heterocycles. The van der Waals surface area contributed by atoms with Crippen molar-refractivity contribution in [1.82, 2.24) is 5.32 Å². The summed E-state index contributed by atoms with van der Waals surface area (Å²) < 4.78 is 11.1. The van der Waals surface area contributed by atoms with Gasteiger partial charge in [0.05, 0.1) is 0 Å². The van der Waals surface area contributed by atoms with E-state index in [1.54, 1.807) is 24.3 Å². The molecule has 0 aromatic heterocycles. The number of rotatable bonds is 2. The lowest BCUT2D eigenvalue weighted by Gasteiger charge is -2.33. The Kier molecular flexibility index (Phi) is 5.17. The lowest BCUT2D eigenvalue weighted by Crippen LogP contribution is -2.49. The fraction of sp³-hybridized carbons (Fsp3) is 0.318. The van der Waals surface area contributed by atoms with Crippen LogP contribution in [0, 0.1) is 11.8 Å². The molecule has 1 fully saturated rings. The van der Waals surface area contributed by atoms with Gasteiger partial charge in [-0.1, -0.05) is 41.6 Å². The molecule has 0 bridgehead atoms. The van der Waals surface area contributed by atoms with Gasteiger partial charge in [-0.3, -0.25) is 4.79 Å². The maximum absolute atomic E-state index is 12.5. The third kappa shape index (κ3) is 4.24. The van der Waals surface area contributed by atoms with Crippen LogP contribution >= 0.6 is 11.6 Å². The Labute approximate surface area is 168 Å². The highest BCUT2D eigenvalue weighted by Gasteiger charge is 2.37. The second-order valence-corrected chi connectivity index (χ2v) is 7.54. The first-order valence-electron chi connectivity index (χ1n) is 9.25. The second-order valence-electron chi connectivity index (χ2n) is 7.11. The summed E-state index contributed by atoms with van der Waals surface area (Å²) in [6, 6.07) is 14.2. The Bertz CT molecular complexity index is 926. The Morgan fingerprint density at radius 1 is 1.18 bits per heavy atom. The molecule has 144 valence electrons. The summed E-state index contributed by atoms with van der Waals surface area (Å²) in [7, 11) is 0. The molecule has 1 aliphatic carbocycles. The molecule has 5 nitrogen and oxygen atoms in total. The number of hydrogen-bond acceptors (Lipinski definition) is 4. The number of ether oxygens (including phenoxy) is 2. The van der Waals surface area contributed by atoms with Gasteiger partial charge < -0.3 is 19.9 Å². The highest BCUT2D eigenvalue weighted by Crippen LogP contribution is 2.34. The normalized spacial score (nSPS) is 23.6. The van der Waals surface area contributed by atoms with Crippen LogP contribution in [0.25, 0.3) is 0 Å². The van der Waals surface area contributed by atoms with Crippen molar-refractivity contribution in [3.8, 4) is 23.3 Å². The fourth-order valence-electron chi connectivity index (χ4n) is 3.52. The summed E-state index contributed by atoms with van der Waals surface area (Å²) in [4.78, 5) is 12.5. The first-order valence-corrected chi connectivity index (χ1v) is 9.62. The van der Waals surface area contributed by atoms with Crippen molar-refractivity contribution in [2.45, 2.75) is 43.6 Å². The predicted octanol–water partition coefficient (Wildman–Crippen LogP) is 3.28. The van der Waals surface area contributed by atoms with Crippen LogP contribution in [0.5, 0.6) is 11.5 Å². The van der Waals surface area contributed by atoms with Crippen molar-refractivity contribution in [3.05, 3.63) is 59.1 Å². The molecular weight excluding hydrogens is 378 g/mol. The van der Waals surface area contributed by atoms with E-state index >= 15 is 0 Å².